The minimum atomic E-state index is -3.90. The Kier molecular flexibility index (Phi) is 2.90. The van der Waals surface area contributed by atoms with Crippen LogP contribution in [0.1, 0.15) is 0 Å². The van der Waals surface area contributed by atoms with Gasteiger partial charge in [-0.1, -0.05) is 11.6 Å². The molecular weight excluding hydrogens is 269 g/mol. The maximum Gasteiger partial charge on any atom is 0.255 e. The summed E-state index contributed by atoms with van der Waals surface area (Å²) in [5, 5.41) is 8.49. The molecule has 0 saturated carbocycles. The highest BCUT2D eigenvalue weighted by atomic mass is 35.5. The number of benzene rings is 1. The van der Waals surface area contributed by atoms with Crippen LogP contribution >= 0.6 is 11.6 Å². The molecular formula is C9H7ClFN3O2S. The van der Waals surface area contributed by atoms with Crippen LogP contribution in [0, 0.1) is 5.82 Å². The van der Waals surface area contributed by atoms with Crippen molar-refractivity contribution < 1.29 is 12.8 Å². The zero-order valence-electron chi connectivity index (χ0n) is 8.34. The van der Waals surface area contributed by atoms with Crippen LogP contribution in [0.25, 0.3) is 5.69 Å². The minimum absolute atomic E-state index is 0.127. The topological polar surface area (TPSA) is 78.0 Å². The number of aromatic nitrogens is 2. The first-order valence-electron chi connectivity index (χ1n) is 4.42. The van der Waals surface area contributed by atoms with Gasteiger partial charge < -0.3 is 0 Å². The fourth-order valence-corrected chi connectivity index (χ4v) is 2.14. The van der Waals surface area contributed by atoms with Crippen molar-refractivity contribution in [2.24, 2.45) is 5.14 Å². The van der Waals surface area contributed by atoms with Crippen LogP contribution < -0.4 is 5.14 Å². The summed E-state index contributed by atoms with van der Waals surface area (Å²) in [6.07, 6.45) is 1.27. The van der Waals surface area contributed by atoms with E-state index >= 15 is 0 Å². The lowest BCUT2D eigenvalue weighted by molar-refractivity contribution is 0.587. The largest absolute Gasteiger partial charge is 0.255 e. The predicted molar refractivity (Wildman–Crippen MR) is 59.9 cm³/mol. The maximum absolute atomic E-state index is 13.0. The second kappa shape index (κ2) is 4.10. The molecule has 0 aliphatic carbocycles. The fraction of sp³-hybridized carbons (Fsp3) is 0. The summed E-state index contributed by atoms with van der Waals surface area (Å²) in [5.41, 5.74) is 0.311. The standard InChI is InChI=1S/C9H7ClFN3O2S/c10-7-5-6(1-2-8(7)11)14-9(3-4-13-14)17(12,15)16/h1-5H,(H2,12,15,16). The lowest BCUT2D eigenvalue weighted by Gasteiger charge is -2.06. The third kappa shape index (κ3) is 2.31. The summed E-state index contributed by atoms with van der Waals surface area (Å²) < 4.78 is 36.5. The number of hydrogen-bond donors (Lipinski definition) is 1. The molecule has 0 aliphatic heterocycles. The number of primary sulfonamides is 1. The van der Waals surface area contributed by atoms with Crippen molar-refractivity contribution in [1.82, 2.24) is 9.78 Å². The molecule has 0 saturated heterocycles. The van der Waals surface area contributed by atoms with Gasteiger partial charge in [0.05, 0.1) is 16.9 Å². The van der Waals surface area contributed by atoms with E-state index < -0.39 is 15.8 Å². The Hall–Kier alpha value is -1.44. The molecule has 1 aromatic heterocycles. The lowest BCUT2D eigenvalue weighted by Crippen LogP contribution is -2.17. The van der Waals surface area contributed by atoms with Gasteiger partial charge in [-0.25, -0.2) is 22.6 Å². The molecule has 2 rings (SSSR count). The van der Waals surface area contributed by atoms with Gasteiger partial charge in [-0.2, -0.15) is 5.10 Å². The van der Waals surface area contributed by atoms with Gasteiger partial charge in [0.2, 0.25) is 0 Å². The SMILES string of the molecule is NS(=O)(=O)c1ccnn1-c1ccc(F)c(Cl)c1. The highest BCUT2D eigenvalue weighted by Crippen LogP contribution is 2.20. The number of sulfonamides is 1. The fourth-order valence-electron chi connectivity index (χ4n) is 1.32. The van der Waals surface area contributed by atoms with Gasteiger partial charge in [-0.15, -0.1) is 0 Å². The van der Waals surface area contributed by atoms with Crippen LogP contribution in [-0.2, 0) is 10.0 Å². The Bertz CT molecular complexity index is 669. The third-order valence-corrected chi connectivity index (χ3v) is 3.23. The van der Waals surface area contributed by atoms with Crippen molar-refractivity contribution in [3.05, 3.63) is 41.3 Å². The molecule has 8 heteroatoms. The van der Waals surface area contributed by atoms with E-state index in [1.165, 1.54) is 24.4 Å². The summed E-state index contributed by atoms with van der Waals surface area (Å²) in [5.74, 6) is -0.597. The van der Waals surface area contributed by atoms with Crippen LogP contribution in [0.4, 0.5) is 4.39 Å². The number of nitrogens with two attached hydrogens (primary N) is 1. The van der Waals surface area contributed by atoms with Crippen molar-refractivity contribution in [1.29, 1.82) is 0 Å². The summed E-state index contributed by atoms with van der Waals surface area (Å²) in [6.45, 7) is 0. The van der Waals surface area contributed by atoms with Crippen LogP contribution in [0.3, 0.4) is 0 Å². The molecule has 5 nitrogen and oxygen atoms in total. The number of hydrogen-bond acceptors (Lipinski definition) is 3. The number of halogens is 2. The van der Waals surface area contributed by atoms with Crippen molar-refractivity contribution in [2.45, 2.75) is 5.03 Å². The van der Waals surface area contributed by atoms with Gasteiger partial charge in [0.1, 0.15) is 5.82 Å². The third-order valence-electron chi connectivity index (χ3n) is 2.05. The zero-order valence-corrected chi connectivity index (χ0v) is 9.91. The second-order valence-corrected chi connectivity index (χ2v) is 5.14. The van der Waals surface area contributed by atoms with Gasteiger partial charge >= 0.3 is 0 Å². The summed E-state index contributed by atoms with van der Waals surface area (Å²) in [6, 6.07) is 4.97. The first-order valence-corrected chi connectivity index (χ1v) is 6.34. The molecule has 1 heterocycles. The highest BCUT2D eigenvalue weighted by molar-refractivity contribution is 7.89. The average molecular weight is 276 g/mol. The quantitative estimate of drug-likeness (QED) is 0.898. The number of rotatable bonds is 2. The smallest absolute Gasteiger partial charge is 0.223 e. The molecule has 0 atom stereocenters. The van der Waals surface area contributed by atoms with Crippen LogP contribution in [0.15, 0.2) is 35.5 Å². The molecule has 0 amide bonds. The monoisotopic (exact) mass is 275 g/mol. The minimum Gasteiger partial charge on any atom is -0.223 e. The molecule has 2 N–H and O–H groups in total. The molecule has 2 aromatic rings. The predicted octanol–water partition coefficient (Wildman–Crippen LogP) is 1.31. The van der Waals surface area contributed by atoms with Gasteiger partial charge in [-0.3, -0.25) is 0 Å². The second-order valence-electron chi connectivity index (χ2n) is 3.22. The summed E-state index contributed by atoms with van der Waals surface area (Å²) in [7, 11) is -3.90. The van der Waals surface area contributed by atoms with Crippen LogP contribution in [0.5, 0.6) is 0 Å². The first-order chi connectivity index (χ1) is 7.89. The molecule has 0 aliphatic rings. The summed E-state index contributed by atoms with van der Waals surface area (Å²) >= 11 is 5.60. The Morgan fingerprint density at radius 3 is 2.65 bits per heavy atom. The Morgan fingerprint density at radius 2 is 2.06 bits per heavy atom. The van der Waals surface area contributed by atoms with Crippen LogP contribution in [0.2, 0.25) is 5.02 Å². The van der Waals surface area contributed by atoms with Crippen molar-refractivity contribution in [3.8, 4) is 5.69 Å². The number of nitrogens with zero attached hydrogens (tertiary/aromatic N) is 2. The average Bonchev–Trinajstić information content (AvgIpc) is 2.70. The lowest BCUT2D eigenvalue weighted by atomic mass is 10.3. The molecule has 17 heavy (non-hydrogen) atoms. The van der Waals surface area contributed by atoms with E-state index in [2.05, 4.69) is 5.10 Å². The van der Waals surface area contributed by atoms with Crippen molar-refractivity contribution in [2.75, 3.05) is 0 Å². The van der Waals surface area contributed by atoms with Crippen molar-refractivity contribution >= 4 is 21.6 Å². The molecule has 0 radical (unpaired) electrons. The van der Waals surface area contributed by atoms with Gasteiger partial charge in [0, 0.05) is 0 Å². The van der Waals surface area contributed by atoms with E-state index in [9.17, 15) is 12.8 Å². The molecule has 0 fully saturated rings. The molecule has 90 valence electrons. The zero-order chi connectivity index (χ0) is 12.6. The molecule has 1 aromatic carbocycles. The first kappa shape index (κ1) is 12.0. The van der Waals surface area contributed by atoms with E-state index in [1.54, 1.807) is 0 Å². The van der Waals surface area contributed by atoms with Gasteiger partial charge in [0.15, 0.2) is 5.03 Å². The van der Waals surface area contributed by atoms with E-state index in [0.717, 1.165) is 10.7 Å². The molecule has 0 unspecified atom stereocenters. The highest BCUT2D eigenvalue weighted by Gasteiger charge is 2.16. The van der Waals surface area contributed by atoms with Crippen molar-refractivity contribution in [3.63, 3.8) is 0 Å². The summed E-state index contributed by atoms with van der Waals surface area (Å²) in [4.78, 5) is 0. The Balaban J connectivity index is 2.62. The van der Waals surface area contributed by atoms with E-state index in [-0.39, 0.29) is 10.0 Å². The van der Waals surface area contributed by atoms with Gasteiger partial charge in [-0.05, 0) is 24.3 Å². The van der Waals surface area contributed by atoms with Gasteiger partial charge in [0.25, 0.3) is 10.0 Å². The Morgan fingerprint density at radius 1 is 1.35 bits per heavy atom. The normalized spacial score (nSPS) is 11.7. The van der Waals surface area contributed by atoms with E-state index in [1.807, 2.05) is 0 Å². The maximum atomic E-state index is 13.0. The molecule has 0 bridgehead atoms. The Labute approximate surface area is 102 Å². The molecule has 0 spiro atoms. The van der Waals surface area contributed by atoms with E-state index in [0.29, 0.717) is 5.69 Å². The van der Waals surface area contributed by atoms with E-state index in [4.69, 9.17) is 16.7 Å². The van der Waals surface area contributed by atoms with Crippen LogP contribution in [-0.4, -0.2) is 18.2 Å².